The Balaban J connectivity index is 1.64. The molecule has 0 bridgehead atoms. The van der Waals surface area contributed by atoms with Gasteiger partial charge in [0.25, 0.3) is 5.91 Å². The highest BCUT2D eigenvalue weighted by Gasteiger charge is 2.30. The lowest BCUT2D eigenvalue weighted by atomic mass is 10.2. The van der Waals surface area contributed by atoms with E-state index in [4.69, 9.17) is 11.6 Å². The first-order chi connectivity index (χ1) is 14.7. The number of aromatic nitrogens is 1. The fourth-order valence-corrected chi connectivity index (χ4v) is 6.85. The van der Waals surface area contributed by atoms with Crippen molar-refractivity contribution in [2.24, 2.45) is 12.0 Å². The number of rotatable bonds is 4. The molecule has 1 aromatic heterocycles. The molecule has 0 spiro atoms. The maximum Gasteiger partial charge on any atom is 0.279 e. The number of carbonyl (C=O) groups excluding carboxylic acids is 1. The van der Waals surface area contributed by atoms with Crippen LogP contribution in [0.15, 0.2) is 46.3 Å². The van der Waals surface area contributed by atoms with Gasteiger partial charge in [0.1, 0.15) is 0 Å². The largest absolute Gasteiger partial charge is 0.319 e. The summed E-state index contributed by atoms with van der Waals surface area (Å²) in [5.41, 5.74) is 2.33. The number of carbonyl (C=O) groups is 1. The van der Waals surface area contributed by atoms with Crippen molar-refractivity contribution < 1.29 is 13.2 Å². The van der Waals surface area contributed by atoms with Crippen molar-refractivity contribution in [1.29, 1.82) is 0 Å². The molecule has 1 saturated carbocycles. The summed E-state index contributed by atoms with van der Waals surface area (Å²) in [4.78, 5) is 17.7. The van der Waals surface area contributed by atoms with Gasteiger partial charge >= 0.3 is 0 Å². The lowest BCUT2D eigenvalue weighted by Crippen LogP contribution is -2.35. The Kier molecular flexibility index (Phi) is 6.09. The van der Waals surface area contributed by atoms with Crippen molar-refractivity contribution in [1.82, 2.24) is 8.87 Å². The molecule has 1 aliphatic rings. The van der Waals surface area contributed by atoms with Crippen molar-refractivity contribution in [2.75, 3.05) is 7.05 Å². The van der Waals surface area contributed by atoms with Crippen LogP contribution in [0.1, 0.15) is 41.6 Å². The first-order valence-corrected chi connectivity index (χ1v) is 12.8. The highest BCUT2D eigenvalue weighted by molar-refractivity contribution is 7.89. The fraction of sp³-hybridized carbons (Fsp3) is 0.364. The topological polar surface area (TPSA) is 71.7 Å². The van der Waals surface area contributed by atoms with Crippen LogP contribution in [0.3, 0.4) is 0 Å². The molecule has 31 heavy (non-hydrogen) atoms. The maximum atomic E-state index is 12.9. The predicted octanol–water partition coefficient (Wildman–Crippen LogP) is 4.51. The molecule has 6 nitrogen and oxygen atoms in total. The van der Waals surface area contributed by atoms with Crippen molar-refractivity contribution in [3.05, 3.63) is 57.3 Å². The minimum Gasteiger partial charge on any atom is -0.319 e. The summed E-state index contributed by atoms with van der Waals surface area (Å²) in [6.07, 6.45) is 3.89. The van der Waals surface area contributed by atoms with E-state index in [2.05, 4.69) is 4.99 Å². The van der Waals surface area contributed by atoms with Crippen LogP contribution in [-0.2, 0) is 17.1 Å². The first-order valence-electron chi connectivity index (χ1n) is 10.1. The fourth-order valence-electron chi connectivity index (χ4n) is 4.06. The summed E-state index contributed by atoms with van der Waals surface area (Å²) in [5.74, 6) is -0.427. The van der Waals surface area contributed by atoms with E-state index in [9.17, 15) is 13.2 Å². The van der Waals surface area contributed by atoms with Gasteiger partial charge in [-0.05, 0) is 55.7 Å². The number of aryl methyl sites for hydroxylation is 2. The zero-order valence-corrected chi connectivity index (χ0v) is 20.0. The summed E-state index contributed by atoms with van der Waals surface area (Å²) in [6, 6.07) is 9.82. The third kappa shape index (κ3) is 4.09. The highest BCUT2D eigenvalue weighted by Crippen LogP contribution is 2.29. The van der Waals surface area contributed by atoms with Crippen LogP contribution in [0.4, 0.5) is 0 Å². The van der Waals surface area contributed by atoms with Gasteiger partial charge in [-0.1, -0.05) is 41.8 Å². The second-order valence-corrected chi connectivity index (χ2v) is 11.3. The molecule has 0 unspecified atom stereocenters. The molecular weight excluding hydrogens is 454 g/mol. The zero-order valence-electron chi connectivity index (χ0n) is 17.6. The van der Waals surface area contributed by atoms with E-state index in [1.165, 1.54) is 39.9 Å². The van der Waals surface area contributed by atoms with Gasteiger partial charge in [0, 0.05) is 25.7 Å². The Morgan fingerprint density at radius 3 is 2.42 bits per heavy atom. The number of sulfonamides is 1. The Labute approximate surface area is 190 Å². The van der Waals surface area contributed by atoms with Crippen molar-refractivity contribution >= 4 is 49.1 Å². The van der Waals surface area contributed by atoms with E-state index < -0.39 is 15.9 Å². The summed E-state index contributed by atoms with van der Waals surface area (Å²) < 4.78 is 30.0. The van der Waals surface area contributed by atoms with Crippen LogP contribution in [-0.4, -0.2) is 36.3 Å². The molecule has 0 saturated heterocycles. The molecule has 0 N–H and O–H groups in total. The number of nitrogens with zero attached hydrogens (tertiary/aromatic N) is 3. The molecule has 164 valence electrons. The number of hydrogen-bond acceptors (Lipinski definition) is 4. The molecular formula is C22H24ClN3O3S2. The average molecular weight is 478 g/mol. The summed E-state index contributed by atoms with van der Waals surface area (Å²) in [5, 5.41) is 0.621. The van der Waals surface area contributed by atoms with E-state index >= 15 is 0 Å². The summed E-state index contributed by atoms with van der Waals surface area (Å²) >= 11 is 7.66. The van der Waals surface area contributed by atoms with Gasteiger partial charge in [0.15, 0.2) is 4.80 Å². The SMILES string of the molecule is Cc1ccc(Cl)c2sc(=NC(=O)c3ccc(S(=O)(=O)N(C)C4CCCC4)cc3)n(C)c12. The molecule has 1 aliphatic carbocycles. The molecule has 2 aromatic carbocycles. The van der Waals surface area contributed by atoms with Gasteiger partial charge in [0.05, 0.1) is 20.1 Å². The molecule has 3 aromatic rings. The molecule has 1 heterocycles. The molecule has 9 heteroatoms. The second-order valence-electron chi connectivity index (χ2n) is 7.89. The van der Waals surface area contributed by atoms with E-state index in [1.54, 1.807) is 7.05 Å². The lowest BCUT2D eigenvalue weighted by Gasteiger charge is -2.23. The van der Waals surface area contributed by atoms with Crippen molar-refractivity contribution in [2.45, 2.75) is 43.5 Å². The third-order valence-corrected chi connectivity index (χ3v) is 9.43. The number of fused-ring (bicyclic) bond motifs is 1. The summed E-state index contributed by atoms with van der Waals surface area (Å²) in [6.45, 7) is 1.98. The molecule has 0 aliphatic heterocycles. The maximum absolute atomic E-state index is 12.9. The molecule has 1 fully saturated rings. The third-order valence-electron chi connectivity index (χ3n) is 5.92. The normalized spacial score (nSPS) is 16.0. The number of amides is 1. The van der Waals surface area contributed by atoms with Crippen LogP contribution in [0.2, 0.25) is 5.02 Å². The van der Waals surface area contributed by atoms with Crippen molar-refractivity contribution in [3.8, 4) is 0 Å². The second kappa shape index (κ2) is 8.50. The molecule has 0 radical (unpaired) electrons. The van der Waals surface area contributed by atoms with Crippen LogP contribution in [0.25, 0.3) is 10.2 Å². The predicted molar refractivity (Wildman–Crippen MR) is 124 cm³/mol. The minimum absolute atomic E-state index is 0.0459. The van der Waals surface area contributed by atoms with Crippen molar-refractivity contribution in [3.63, 3.8) is 0 Å². The summed E-state index contributed by atoms with van der Waals surface area (Å²) in [7, 11) is -0.0994. The van der Waals surface area contributed by atoms with Crippen LogP contribution < -0.4 is 4.80 Å². The Hall–Kier alpha value is -2.00. The molecule has 1 amide bonds. The monoisotopic (exact) mass is 477 g/mol. The average Bonchev–Trinajstić information content (AvgIpc) is 3.40. The number of thiazole rings is 1. The smallest absolute Gasteiger partial charge is 0.279 e. The number of hydrogen-bond donors (Lipinski definition) is 0. The van der Waals surface area contributed by atoms with Gasteiger partial charge < -0.3 is 4.57 Å². The van der Waals surface area contributed by atoms with E-state index in [1.807, 2.05) is 30.7 Å². The zero-order chi connectivity index (χ0) is 22.3. The Morgan fingerprint density at radius 2 is 1.81 bits per heavy atom. The van der Waals surface area contributed by atoms with Gasteiger partial charge in [-0.15, -0.1) is 0 Å². The van der Waals surface area contributed by atoms with E-state index in [-0.39, 0.29) is 10.9 Å². The molecule has 4 rings (SSSR count). The molecule has 0 atom stereocenters. The highest BCUT2D eigenvalue weighted by atomic mass is 35.5. The lowest BCUT2D eigenvalue weighted by molar-refractivity contribution is 0.0998. The van der Waals surface area contributed by atoms with Gasteiger partial charge in [-0.3, -0.25) is 4.79 Å². The Bertz CT molecular complexity index is 1320. The first kappa shape index (κ1) is 22.2. The Morgan fingerprint density at radius 1 is 1.16 bits per heavy atom. The van der Waals surface area contributed by atoms with E-state index in [0.29, 0.717) is 15.4 Å². The van der Waals surface area contributed by atoms with Gasteiger partial charge in [-0.2, -0.15) is 9.30 Å². The van der Waals surface area contributed by atoms with Crippen LogP contribution in [0, 0.1) is 6.92 Å². The van der Waals surface area contributed by atoms with Gasteiger partial charge in [-0.25, -0.2) is 8.42 Å². The van der Waals surface area contributed by atoms with Crippen LogP contribution >= 0.6 is 22.9 Å². The van der Waals surface area contributed by atoms with E-state index in [0.717, 1.165) is 41.5 Å². The minimum atomic E-state index is -3.58. The van der Waals surface area contributed by atoms with Gasteiger partial charge in [0.2, 0.25) is 10.0 Å². The standard InChI is InChI=1S/C22H24ClN3O3S2/c1-14-8-13-18(23)20-19(14)25(2)22(30-20)24-21(27)15-9-11-17(12-10-15)31(28,29)26(3)16-6-4-5-7-16/h8-13,16H,4-7H2,1-3H3. The van der Waals surface area contributed by atoms with Crippen LogP contribution in [0.5, 0.6) is 0 Å². The number of benzene rings is 2. The number of halogens is 1. The quantitative estimate of drug-likeness (QED) is 0.555.